The molecule has 0 radical (unpaired) electrons. The average Bonchev–Trinajstić information content (AvgIpc) is 2.80. The number of carbonyl (C=O) groups excluding carboxylic acids is 2. The summed E-state index contributed by atoms with van der Waals surface area (Å²) in [5.41, 5.74) is 5.37. The van der Waals surface area contributed by atoms with Gasteiger partial charge < -0.3 is 4.79 Å². The van der Waals surface area contributed by atoms with Crippen LogP contribution in [0.4, 0.5) is 0 Å². The Hall–Kier alpha value is -2.48. The van der Waals surface area contributed by atoms with Gasteiger partial charge >= 0.3 is 0 Å². The summed E-state index contributed by atoms with van der Waals surface area (Å²) in [7, 11) is 0. The standard InChI is InChI=1S/C15H22O.C15H20O/c1-12(11-16)5-6-13-7-9-14(10-8-13)15(2,3)4;1-2-3-4-5-7-14-9-11-15(12-10-14)8-6-13-16/h7-12H,5-6H2,1-4H3;6,8-13H,2-5,7H2,1H3. The van der Waals surface area contributed by atoms with Gasteiger partial charge in [-0.05, 0) is 59.4 Å². The van der Waals surface area contributed by atoms with Crippen LogP contribution >= 0.6 is 0 Å². The summed E-state index contributed by atoms with van der Waals surface area (Å²) in [6.07, 6.45) is 13.5. The Morgan fingerprint density at radius 2 is 1.41 bits per heavy atom. The Morgan fingerprint density at radius 3 is 1.94 bits per heavy atom. The van der Waals surface area contributed by atoms with Gasteiger partial charge in [-0.1, -0.05) is 108 Å². The van der Waals surface area contributed by atoms with E-state index in [2.05, 4.69) is 76.2 Å². The number of unbranched alkanes of at least 4 members (excludes halogenated alkanes) is 3. The molecule has 0 aliphatic heterocycles. The van der Waals surface area contributed by atoms with Gasteiger partial charge in [0.2, 0.25) is 0 Å². The number of rotatable bonds is 11. The summed E-state index contributed by atoms with van der Waals surface area (Å²) in [6.45, 7) is 10.9. The van der Waals surface area contributed by atoms with Crippen molar-refractivity contribution in [2.45, 2.75) is 85.0 Å². The molecule has 2 aromatic rings. The van der Waals surface area contributed by atoms with E-state index in [4.69, 9.17) is 0 Å². The van der Waals surface area contributed by atoms with Crippen LogP contribution in [0.3, 0.4) is 0 Å². The monoisotopic (exact) mass is 434 g/mol. The van der Waals surface area contributed by atoms with Crippen molar-refractivity contribution in [2.24, 2.45) is 5.92 Å². The Labute approximate surface area is 196 Å². The highest BCUT2D eigenvalue weighted by molar-refractivity contribution is 5.73. The summed E-state index contributed by atoms with van der Waals surface area (Å²) in [5, 5.41) is 0. The number of hydrogen-bond donors (Lipinski definition) is 0. The van der Waals surface area contributed by atoms with E-state index in [0.717, 1.165) is 37.4 Å². The molecule has 0 spiro atoms. The van der Waals surface area contributed by atoms with Crippen LogP contribution in [0.1, 0.15) is 89.0 Å². The first kappa shape index (κ1) is 27.6. The van der Waals surface area contributed by atoms with Crippen molar-refractivity contribution < 1.29 is 9.59 Å². The lowest BCUT2D eigenvalue weighted by molar-refractivity contribution is -0.110. The second-order valence-electron chi connectivity index (χ2n) is 9.65. The molecule has 2 nitrogen and oxygen atoms in total. The van der Waals surface area contributed by atoms with Crippen molar-refractivity contribution in [1.82, 2.24) is 0 Å². The molecule has 0 aliphatic carbocycles. The maximum Gasteiger partial charge on any atom is 0.142 e. The molecule has 174 valence electrons. The molecular formula is C30H42O2. The van der Waals surface area contributed by atoms with Gasteiger partial charge in [-0.2, -0.15) is 0 Å². The number of allylic oxidation sites excluding steroid dienone is 1. The summed E-state index contributed by atoms with van der Waals surface area (Å²) in [6, 6.07) is 17.2. The van der Waals surface area contributed by atoms with Gasteiger partial charge in [-0.25, -0.2) is 0 Å². The minimum absolute atomic E-state index is 0.169. The molecule has 0 bridgehead atoms. The topological polar surface area (TPSA) is 34.1 Å². The zero-order chi connectivity index (χ0) is 23.8. The largest absolute Gasteiger partial charge is 0.303 e. The number of hydrogen-bond acceptors (Lipinski definition) is 2. The van der Waals surface area contributed by atoms with Gasteiger partial charge in [-0.3, -0.25) is 4.79 Å². The zero-order valence-corrected chi connectivity index (χ0v) is 20.8. The second kappa shape index (κ2) is 15.3. The molecule has 0 amide bonds. The highest BCUT2D eigenvalue weighted by Crippen LogP contribution is 2.22. The van der Waals surface area contributed by atoms with Crippen LogP contribution in [0.15, 0.2) is 54.6 Å². The fraction of sp³-hybridized carbons (Fsp3) is 0.467. The molecule has 2 rings (SSSR count). The van der Waals surface area contributed by atoms with Crippen molar-refractivity contribution in [2.75, 3.05) is 0 Å². The molecule has 2 aromatic carbocycles. The maximum absolute atomic E-state index is 10.5. The van der Waals surface area contributed by atoms with Gasteiger partial charge in [0, 0.05) is 5.92 Å². The van der Waals surface area contributed by atoms with E-state index in [1.54, 1.807) is 0 Å². The number of carbonyl (C=O) groups is 2. The molecule has 0 saturated carbocycles. The molecule has 0 saturated heterocycles. The third kappa shape index (κ3) is 11.8. The Bertz CT molecular complexity index is 792. The van der Waals surface area contributed by atoms with Crippen LogP contribution in [0.5, 0.6) is 0 Å². The average molecular weight is 435 g/mol. The highest BCUT2D eigenvalue weighted by Gasteiger charge is 2.12. The first-order valence-corrected chi connectivity index (χ1v) is 12.1. The summed E-state index contributed by atoms with van der Waals surface area (Å²) in [5.74, 6) is 0.169. The van der Waals surface area contributed by atoms with Crippen LogP contribution in [-0.2, 0) is 27.8 Å². The molecule has 32 heavy (non-hydrogen) atoms. The van der Waals surface area contributed by atoms with E-state index in [9.17, 15) is 9.59 Å². The Kier molecular flexibility index (Phi) is 13.2. The predicted molar refractivity (Wildman–Crippen MR) is 138 cm³/mol. The Morgan fingerprint density at radius 1 is 0.812 bits per heavy atom. The van der Waals surface area contributed by atoms with Crippen LogP contribution in [0.2, 0.25) is 0 Å². The third-order valence-electron chi connectivity index (χ3n) is 5.61. The predicted octanol–water partition coefficient (Wildman–Crippen LogP) is 7.77. The molecule has 0 aliphatic rings. The summed E-state index contributed by atoms with van der Waals surface area (Å²) < 4.78 is 0. The molecule has 0 aromatic heterocycles. The van der Waals surface area contributed by atoms with E-state index >= 15 is 0 Å². The summed E-state index contributed by atoms with van der Waals surface area (Å²) >= 11 is 0. The van der Waals surface area contributed by atoms with Crippen LogP contribution in [0, 0.1) is 5.92 Å². The van der Waals surface area contributed by atoms with Gasteiger partial charge in [0.1, 0.15) is 12.6 Å². The first-order valence-electron chi connectivity index (χ1n) is 12.1. The van der Waals surface area contributed by atoms with Crippen LogP contribution < -0.4 is 0 Å². The molecule has 2 heteroatoms. The Balaban J connectivity index is 0.000000320. The molecular weight excluding hydrogens is 392 g/mol. The lowest BCUT2D eigenvalue weighted by Crippen LogP contribution is -2.10. The fourth-order valence-electron chi connectivity index (χ4n) is 3.34. The molecule has 1 unspecified atom stereocenters. The molecule has 0 heterocycles. The highest BCUT2D eigenvalue weighted by atomic mass is 16.1. The normalized spacial score (nSPS) is 12.2. The van der Waals surface area contributed by atoms with Crippen molar-refractivity contribution >= 4 is 18.6 Å². The third-order valence-corrected chi connectivity index (χ3v) is 5.61. The van der Waals surface area contributed by atoms with E-state index in [-0.39, 0.29) is 11.3 Å². The lowest BCUT2D eigenvalue weighted by atomic mass is 9.86. The minimum atomic E-state index is 0.169. The number of benzene rings is 2. The van der Waals surface area contributed by atoms with Crippen molar-refractivity contribution in [3.8, 4) is 0 Å². The number of aryl methyl sites for hydroxylation is 2. The van der Waals surface area contributed by atoms with Gasteiger partial charge in [0.05, 0.1) is 0 Å². The van der Waals surface area contributed by atoms with E-state index in [1.165, 1.54) is 48.4 Å². The van der Waals surface area contributed by atoms with Crippen molar-refractivity contribution in [3.05, 3.63) is 76.9 Å². The molecule has 0 fully saturated rings. The van der Waals surface area contributed by atoms with E-state index in [0.29, 0.717) is 0 Å². The number of aldehydes is 2. The molecule has 1 atom stereocenters. The zero-order valence-electron chi connectivity index (χ0n) is 20.8. The lowest BCUT2D eigenvalue weighted by Gasteiger charge is -2.19. The van der Waals surface area contributed by atoms with Crippen molar-refractivity contribution in [1.29, 1.82) is 0 Å². The first-order chi connectivity index (χ1) is 15.3. The van der Waals surface area contributed by atoms with Crippen LogP contribution in [-0.4, -0.2) is 12.6 Å². The second-order valence-corrected chi connectivity index (χ2v) is 9.65. The van der Waals surface area contributed by atoms with Crippen LogP contribution in [0.25, 0.3) is 6.08 Å². The van der Waals surface area contributed by atoms with Gasteiger partial charge in [0.15, 0.2) is 0 Å². The van der Waals surface area contributed by atoms with Gasteiger partial charge in [0.25, 0.3) is 0 Å². The van der Waals surface area contributed by atoms with E-state index < -0.39 is 0 Å². The molecule has 0 N–H and O–H groups in total. The SMILES string of the molecule is CC(C=O)CCc1ccc(C(C)(C)C)cc1.CCCCCCc1ccc(C=CC=O)cc1. The fourth-order valence-corrected chi connectivity index (χ4v) is 3.34. The van der Waals surface area contributed by atoms with E-state index in [1.807, 2.05) is 13.0 Å². The minimum Gasteiger partial charge on any atom is -0.303 e. The maximum atomic E-state index is 10.5. The quantitative estimate of drug-likeness (QED) is 0.206. The summed E-state index contributed by atoms with van der Waals surface area (Å²) in [4.78, 5) is 20.7. The van der Waals surface area contributed by atoms with Gasteiger partial charge in [-0.15, -0.1) is 0 Å². The smallest absolute Gasteiger partial charge is 0.142 e. The van der Waals surface area contributed by atoms with Crippen molar-refractivity contribution in [3.63, 3.8) is 0 Å².